The summed E-state index contributed by atoms with van der Waals surface area (Å²) < 4.78 is 14.0. The predicted octanol–water partition coefficient (Wildman–Crippen LogP) is 7.71. The van der Waals surface area contributed by atoms with Gasteiger partial charge in [0, 0.05) is 23.2 Å². The van der Waals surface area contributed by atoms with Crippen LogP contribution in [-0.4, -0.2) is 41.2 Å². The van der Waals surface area contributed by atoms with Crippen molar-refractivity contribution in [2.75, 3.05) is 26.1 Å². The Labute approximate surface area is 250 Å². The number of fused-ring (bicyclic) bond motifs is 1. The Kier molecular flexibility index (Phi) is 9.86. The van der Waals surface area contributed by atoms with Crippen molar-refractivity contribution in [2.24, 2.45) is 0 Å². The third-order valence-electron chi connectivity index (χ3n) is 6.71. The van der Waals surface area contributed by atoms with Crippen LogP contribution >= 0.6 is 31.9 Å². The summed E-state index contributed by atoms with van der Waals surface area (Å²) >= 11 is 7.14. The van der Waals surface area contributed by atoms with Gasteiger partial charge in [0.15, 0.2) is 0 Å². The molecule has 4 aromatic rings. The number of halogens is 2. The first kappa shape index (κ1) is 29.6. The number of hydrogen-bond donors (Lipinski definition) is 1. The van der Waals surface area contributed by atoms with Gasteiger partial charge in [-0.05, 0) is 69.5 Å². The van der Waals surface area contributed by atoms with Crippen LogP contribution in [0.5, 0.6) is 11.5 Å². The molecular weight excluding hydrogens is 640 g/mol. The van der Waals surface area contributed by atoms with Crippen LogP contribution in [0.4, 0.5) is 10.5 Å². The van der Waals surface area contributed by atoms with Crippen LogP contribution in [0.15, 0.2) is 74.4 Å². The number of anilines is 1. The Hall–Kier alpha value is -3.37. The van der Waals surface area contributed by atoms with Gasteiger partial charge in [-0.15, -0.1) is 0 Å². The average Bonchev–Trinajstić information content (AvgIpc) is 2.96. The second kappa shape index (κ2) is 13.3. The Morgan fingerprint density at radius 1 is 1.05 bits per heavy atom. The Bertz CT molecular complexity index is 1570. The molecule has 0 aliphatic carbocycles. The van der Waals surface area contributed by atoms with Gasteiger partial charge in [0.25, 0.3) is 5.56 Å². The molecule has 40 heavy (non-hydrogen) atoms. The number of unbranched alkanes of at least 4 members (excludes halogenated alkanes) is 2. The van der Waals surface area contributed by atoms with E-state index in [-0.39, 0.29) is 11.6 Å². The van der Waals surface area contributed by atoms with E-state index in [9.17, 15) is 9.59 Å². The highest BCUT2D eigenvalue weighted by Crippen LogP contribution is 2.37. The molecule has 1 aromatic heterocycles. The highest BCUT2D eigenvalue weighted by Gasteiger charge is 2.28. The molecule has 3 aromatic carbocycles. The van der Waals surface area contributed by atoms with E-state index in [1.54, 1.807) is 48.0 Å². The van der Waals surface area contributed by atoms with Gasteiger partial charge in [0.05, 0.1) is 47.0 Å². The van der Waals surface area contributed by atoms with E-state index in [4.69, 9.17) is 14.5 Å². The molecule has 1 atom stereocenters. The summed E-state index contributed by atoms with van der Waals surface area (Å²) in [6.07, 6.45) is 2.77. The topological polar surface area (TPSA) is 85.7 Å². The van der Waals surface area contributed by atoms with Gasteiger partial charge < -0.3 is 19.7 Å². The van der Waals surface area contributed by atoms with Crippen molar-refractivity contribution in [3.8, 4) is 17.2 Å². The fourth-order valence-electron chi connectivity index (χ4n) is 4.54. The smallest absolute Gasteiger partial charge is 0.322 e. The number of carbonyl (C=O) groups is 1. The van der Waals surface area contributed by atoms with Gasteiger partial charge in [-0.3, -0.25) is 9.36 Å². The zero-order valence-electron chi connectivity index (χ0n) is 22.9. The van der Waals surface area contributed by atoms with Crippen molar-refractivity contribution in [2.45, 2.75) is 39.2 Å². The van der Waals surface area contributed by atoms with Crippen molar-refractivity contribution in [3.05, 3.63) is 85.8 Å². The van der Waals surface area contributed by atoms with E-state index in [1.807, 2.05) is 43.3 Å². The Morgan fingerprint density at radius 3 is 2.48 bits per heavy atom. The molecule has 2 amide bonds. The third-order valence-corrected chi connectivity index (χ3v) is 8.20. The summed E-state index contributed by atoms with van der Waals surface area (Å²) in [6.45, 7) is 4.49. The van der Waals surface area contributed by atoms with Crippen LogP contribution < -0.4 is 20.3 Å². The molecule has 10 heteroatoms. The van der Waals surface area contributed by atoms with Crippen LogP contribution in [0.3, 0.4) is 0 Å². The van der Waals surface area contributed by atoms with Crippen LogP contribution in [0.2, 0.25) is 0 Å². The van der Waals surface area contributed by atoms with Gasteiger partial charge in [-0.25, -0.2) is 9.78 Å². The van der Waals surface area contributed by atoms with Crippen molar-refractivity contribution in [1.29, 1.82) is 0 Å². The number of ether oxygens (including phenoxy) is 2. The lowest BCUT2D eigenvalue weighted by Crippen LogP contribution is -2.40. The number of nitrogens with zero attached hydrogens (tertiary/aromatic N) is 3. The maximum Gasteiger partial charge on any atom is 0.322 e. The predicted molar refractivity (Wildman–Crippen MR) is 166 cm³/mol. The molecule has 0 fully saturated rings. The molecular formula is C30H32Br2N4O4. The number of aromatic nitrogens is 2. The number of methoxy groups -OCH3 is 2. The third kappa shape index (κ3) is 6.18. The van der Waals surface area contributed by atoms with Crippen LogP contribution in [0.25, 0.3) is 16.6 Å². The largest absolute Gasteiger partial charge is 0.497 e. The lowest BCUT2D eigenvalue weighted by Gasteiger charge is -2.31. The number of hydrogen-bond acceptors (Lipinski definition) is 5. The molecule has 1 heterocycles. The first-order valence-corrected chi connectivity index (χ1v) is 14.6. The van der Waals surface area contributed by atoms with E-state index < -0.39 is 6.04 Å². The number of amides is 2. The van der Waals surface area contributed by atoms with Gasteiger partial charge >= 0.3 is 6.03 Å². The van der Waals surface area contributed by atoms with Crippen LogP contribution in [0.1, 0.15) is 45.0 Å². The minimum atomic E-state index is -0.569. The van der Waals surface area contributed by atoms with Gasteiger partial charge in [0.2, 0.25) is 0 Å². The van der Waals surface area contributed by atoms with Crippen molar-refractivity contribution in [3.63, 3.8) is 0 Å². The molecule has 4 rings (SSSR count). The second-order valence-corrected chi connectivity index (χ2v) is 10.9. The molecule has 1 unspecified atom stereocenters. The lowest BCUT2D eigenvalue weighted by atomic mass is 10.1. The fourth-order valence-corrected chi connectivity index (χ4v) is 5.49. The fraction of sp³-hybridized carbons (Fsp3) is 0.300. The number of para-hydroxylation sites is 2. The van der Waals surface area contributed by atoms with Gasteiger partial charge in [-0.1, -0.05) is 44.0 Å². The standard InChI is InChI=1S/C30H32Br2N4O4/c1-5-6-11-16-35(30(38)34-24-15-10-8-13-22(24)31)19(2)28-33-23-14-9-7-12-21(23)29(37)36(28)25-17-20(39-3)18-26(40-4)27(25)32/h7-10,12-15,17-19H,5-6,11,16H2,1-4H3,(H,34,38). The van der Waals surface area contributed by atoms with Gasteiger partial charge in [-0.2, -0.15) is 0 Å². The average molecular weight is 672 g/mol. The minimum absolute atomic E-state index is 0.261. The minimum Gasteiger partial charge on any atom is -0.497 e. The van der Waals surface area contributed by atoms with Crippen molar-refractivity contribution >= 4 is 54.5 Å². The molecule has 0 aliphatic heterocycles. The monoisotopic (exact) mass is 670 g/mol. The highest BCUT2D eigenvalue weighted by atomic mass is 79.9. The summed E-state index contributed by atoms with van der Waals surface area (Å²) in [7, 11) is 3.11. The second-order valence-electron chi connectivity index (χ2n) is 9.28. The maximum atomic E-state index is 14.1. The maximum absolute atomic E-state index is 14.1. The normalized spacial score (nSPS) is 11.8. The van der Waals surface area contributed by atoms with Crippen molar-refractivity contribution < 1.29 is 14.3 Å². The van der Waals surface area contributed by atoms with E-state index >= 15 is 0 Å². The lowest BCUT2D eigenvalue weighted by molar-refractivity contribution is 0.187. The molecule has 0 saturated heterocycles. The molecule has 0 aliphatic rings. The Balaban J connectivity index is 1.91. The summed E-state index contributed by atoms with van der Waals surface area (Å²) in [5, 5.41) is 3.48. The number of carbonyl (C=O) groups excluding carboxylic acids is 1. The Morgan fingerprint density at radius 2 is 1.77 bits per heavy atom. The highest BCUT2D eigenvalue weighted by molar-refractivity contribution is 9.11. The quantitative estimate of drug-likeness (QED) is 0.175. The van der Waals surface area contributed by atoms with Crippen molar-refractivity contribution in [1.82, 2.24) is 14.5 Å². The molecule has 0 saturated carbocycles. The van der Waals surface area contributed by atoms with Crippen LogP contribution in [0, 0.1) is 0 Å². The van der Waals surface area contributed by atoms with Gasteiger partial charge in [0.1, 0.15) is 17.3 Å². The molecule has 1 N–H and O–H groups in total. The summed E-state index contributed by atoms with van der Waals surface area (Å²) in [5.41, 5.74) is 1.45. The zero-order valence-corrected chi connectivity index (χ0v) is 26.1. The van der Waals surface area contributed by atoms with E-state index in [0.29, 0.717) is 50.6 Å². The van der Waals surface area contributed by atoms with E-state index in [0.717, 1.165) is 23.7 Å². The first-order chi connectivity index (χ1) is 19.3. The van der Waals surface area contributed by atoms with E-state index in [1.165, 1.54) is 0 Å². The molecule has 0 bridgehead atoms. The summed E-state index contributed by atoms with van der Waals surface area (Å²) in [4.78, 5) is 34.5. The molecule has 210 valence electrons. The first-order valence-electron chi connectivity index (χ1n) is 13.1. The van der Waals surface area contributed by atoms with E-state index in [2.05, 4.69) is 44.1 Å². The zero-order chi connectivity index (χ0) is 28.8. The number of urea groups is 1. The van der Waals surface area contributed by atoms with Crippen LogP contribution in [-0.2, 0) is 0 Å². The number of nitrogens with one attached hydrogen (secondary N) is 1. The number of benzene rings is 3. The summed E-state index contributed by atoms with van der Waals surface area (Å²) in [5.74, 6) is 1.43. The molecule has 8 nitrogen and oxygen atoms in total. The summed E-state index contributed by atoms with van der Waals surface area (Å²) in [6, 6.07) is 17.3. The number of rotatable bonds is 10. The molecule has 0 spiro atoms. The molecule has 0 radical (unpaired) electrons. The SMILES string of the molecule is CCCCCN(C(=O)Nc1ccccc1Br)C(C)c1nc2ccccc2c(=O)n1-c1cc(OC)cc(OC)c1Br.